The average molecular weight is 372 g/mol. The predicted octanol–water partition coefficient (Wildman–Crippen LogP) is 1.37. The summed E-state index contributed by atoms with van der Waals surface area (Å²) in [5.41, 5.74) is 0.680. The minimum Gasteiger partial charge on any atom is -0.478 e. The summed E-state index contributed by atoms with van der Waals surface area (Å²) in [5, 5.41) is 18.9. The van der Waals surface area contributed by atoms with Gasteiger partial charge < -0.3 is 10.4 Å². The highest BCUT2D eigenvalue weighted by molar-refractivity contribution is 14.1. The summed E-state index contributed by atoms with van der Waals surface area (Å²) in [5.74, 6) is -1.49. The molecule has 0 atom stereocenters. The van der Waals surface area contributed by atoms with Gasteiger partial charge in [0.2, 0.25) is 0 Å². The topological polar surface area (TPSA) is 97.1 Å². The Hall–Kier alpha value is -1.97. The Kier molecular flexibility index (Phi) is 3.79. The van der Waals surface area contributed by atoms with Crippen LogP contribution in [-0.2, 0) is 7.05 Å². The van der Waals surface area contributed by atoms with Crippen LogP contribution in [0.5, 0.6) is 0 Å². The predicted molar refractivity (Wildman–Crippen MR) is 75.1 cm³/mol. The van der Waals surface area contributed by atoms with Crippen molar-refractivity contribution in [2.45, 2.75) is 0 Å². The van der Waals surface area contributed by atoms with Crippen LogP contribution < -0.4 is 5.32 Å². The number of amides is 1. The first-order valence-corrected chi connectivity index (χ1v) is 6.25. The van der Waals surface area contributed by atoms with E-state index in [1.807, 2.05) is 22.6 Å². The van der Waals surface area contributed by atoms with Crippen molar-refractivity contribution in [3.05, 3.63) is 39.2 Å². The van der Waals surface area contributed by atoms with Gasteiger partial charge in [-0.05, 0) is 40.8 Å². The van der Waals surface area contributed by atoms with Crippen LogP contribution in [0.15, 0.2) is 24.4 Å². The van der Waals surface area contributed by atoms with E-state index in [0.29, 0.717) is 9.26 Å². The van der Waals surface area contributed by atoms with Gasteiger partial charge in [-0.1, -0.05) is 5.21 Å². The Balaban J connectivity index is 2.23. The molecule has 1 heterocycles. The summed E-state index contributed by atoms with van der Waals surface area (Å²) in [4.78, 5) is 22.8. The molecule has 1 aromatic heterocycles. The minimum absolute atomic E-state index is 0.112. The van der Waals surface area contributed by atoms with Crippen molar-refractivity contribution in [3.8, 4) is 0 Å². The Morgan fingerprint density at radius 1 is 1.37 bits per heavy atom. The summed E-state index contributed by atoms with van der Waals surface area (Å²) in [7, 11) is 1.65. The molecule has 0 saturated carbocycles. The molecule has 7 nitrogen and oxygen atoms in total. The average Bonchev–Trinajstić information content (AvgIpc) is 2.75. The normalized spacial score (nSPS) is 10.2. The number of benzene rings is 1. The van der Waals surface area contributed by atoms with E-state index in [1.54, 1.807) is 13.1 Å². The maximum Gasteiger partial charge on any atom is 0.335 e. The Labute approximate surface area is 121 Å². The number of nitrogens with zero attached hydrogens (tertiary/aromatic N) is 3. The lowest BCUT2D eigenvalue weighted by Crippen LogP contribution is -2.13. The molecule has 0 spiro atoms. The molecule has 2 aromatic rings. The standard InChI is InChI=1S/C11H9IN4O3/c1-16-5-9(14-15-16)10(17)13-8-3-6(11(18)19)2-7(12)4-8/h2-5H,1H3,(H,13,17)(H,18,19). The second-order valence-electron chi connectivity index (χ2n) is 3.77. The zero-order valence-corrected chi connectivity index (χ0v) is 12.0. The molecular formula is C11H9IN4O3. The highest BCUT2D eigenvalue weighted by Crippen LogP contribution is 2.17. The van der Waals surface area contributed by atoms with Crippen molar-refractivity contribution in [1.29, 1.82) is 0 Å². The number of hydrogen-bond acceptors (Lipinski definition) is 4. The molecule has 1 amide bonds. The van der Waals surface area contributed by atoms with Crippen molar-refractivity contribution >= 4 is 40.2 Å². The van der Waals surface area contributed by atoms with Gasteiger partial charge in [0.1, 0.15) is 0 Å². The van der Waals surface area contributed by atoms with Crippen LogP contribution in [0.25, 0.3) is 0 Å². The smallest absolute Gasteiger partial charge is 0.335 e. The molecule has 0 aliphatic rings. The largest absolute Gasteiger partial charge is 0.478 e. The summed E-state index contributed by atoms with van der Waals surface area (Å²) in [6.07, 6.45) is 1.47. The zero-order valence-electron chi connectivity index (χ0n) is 9.79. The van der Waals surface area contributed by atoms with Crippen LogP contribution in [-0.4, -0.2) is 32.0 Å². The van der Waals surface area contributed by atoms with E-state index in [4.69, 9.17) is 5.11 Å². The maximum absolute atomic E-state index is 11.8. The van der Waals surface area contributed by atoms with E-state index < -0.39 is 11.9 Å². The van der Waals surface area contributed by atoms with Crippen molar-refractivity contribution < 1.29 is 14.7 Å². The van der Waals surface area contributed by atoms with Crippen LogP contribution in [0, 0.1) is 3.57 Å². The molecule has 0 saturated heterocycles. The lowest BCUT2D eigenvalue weighted by atomic mass is 10.2. The van der Waals surface area contributed by atoms with Gasteiger partial charge in [-0.15, -0.1) is 5.10 Å². The number of carbonyl (C=O) groups is 2. The molecule has 19 heavy (non-hydrogen) atoms. The third-order valence-electron chi connectivity index (χ3n) is 2.24. The number of carbonyl (C=O) groups excluding carboxylic acids is 1. The van der Waals surface area contributed by atoms with Crippen LogP contribution in [0.2, 0.25) is 0 Å². The van der Waals surface area contributed by atoms with Gasteiger partial charge in [-0.3, -0.25) is 9.48 Å². The van der Waals surface area contributed by atoms with E-state index in [1.165, 1.54) is 23.0 Å². The number of aromatic carboxylic acids is 1. The second-order valence-corrected chi connectivity index (χ2v) is 5.01. The number of carboxylic acids is 1. The van der Waals surface area contributed by atoms with Gasteiger partial charge in [-0.25, -0.2) is 4.79 Å². The Bertz CT molecular complexity index is 653. The van der Waals surface area contributed by atoms with Gasteiger partial charge >= 0.3 is 5.97 Å². The van der Waals surface area contributed by atoms with E-state index in [2.05, 4.69) is 15.6 Å². The minimum atomic E-state index is -1.05. The fourth-order valence-electron chi connectivity index (χ4n) is 1.43. The van der Waals surface area contributed by atoms with E-state index >= 15 is 0 Å². The number of anilines is 1. The third-order valence-corrected chi connectivity index (χ3v) is 2.86. The molecule has 0 bridgehead atoms. The number of halogens is 1. The van der Waals surface area contributed by atoms with Crippen LogP contribution in [0.1, 0.15) is 20.8 Å². The van der Waals surface area contributed by atoms with Crippen LogP contribution in [0.4, 0.5) is 5.69 Å². The number of carboxylic acid groups (broad SMARTS) is 1. The van der Waals surface area contributed by atoms with Gasteiger partial charge in [0, 0.05) is 16.3 Å². The summed E-state index contributed by atoms with van der Waals surface area (Å²) in [6.45, 7) is 0. The Morgan fingerprint density at radius 3 is 2.68 bits per heavy atom. The molecule has 0 aliphatic carbocycles. The molecule has 2 rings (SSSR count). The quantitative estimate of drug-likeness (QED) is 0.794. The summed E-state index contributed by atoms with van der Waals surface area (Å²) >= 11 is 1.98. The van der Waals surface area contributed by atoms with E-state index in [-0.39, 0.29) is 11.3 Å². The number of nitrogens with one attached hydrogen (secondary N) is 1. The van der Waals surface area contributed by atoms with Gasteiger partial charge in [0.05, 0.1) is 11.8 Å². The number of rotatable bonds is 3. The lowest BCUT2D eigenvalue weighted by molar-refractivity contribution is 0.0696. The summed E-state index contributed by atoms with van der Waals surface area (Å²) < 4.78 is 2.12. The highest BCUT2D eigenvalue weighted by atomic mass is 127. The number of aryl methyl sites for hydroxylation is 1. The maximum atomic E-state index is 11.8. The SMILES string of the molecule is Cn1cc(C(=O)Nc2cc(I)cc(C(=O)O)c2)nn1. The lowest BCUT2D eigenvalue weighted by Gasteiger charge is -2.05. The van der Waals surface area contributed by atoms with Gasteiger partial charge in [-0.2, -0.15) is 0 Å². The Morgan fingerprint density at radius 2 is 2.11 bits per heavy atom. The fraction of sp³-hybridized carbons (Fsp3) is 0.0909. The molecule has 0 aliphatic heterocycles. The van der Waals surface area contributed by atoms with Gasteiger partial charge in [0.15, 0.2) is 5.69 Å². The highest BCUT2D eigenvalue weighted by Gasteiger charge is 2.12. The first-order valence-electron chi connectivity index (χ1n) is 5.17. The molecular weight excluding hydrogens is 363 g/mol. The van der Waals surface area contributed by atoms with Crippen LogP contribution >= 0.6 is 22.6 Å². The molecule has 98 valence electrons. The molecule has 0 radical (unpaired) electrons. The molecule has 8 heteroatoms. The third kappa shape index (κ3) is 3.28. The van der Waals surface area contributed by atoms with E-state index in [0.717, 1.165) is 0 Å². The molecule has 0 unspecified atom stereocenters. The molecule has 1 aromatic carbocycles. The summed E-state index contributed by atoms with van der Waals surface area (Å²) in [6, 6.07) is 4.57. The number of hydrogen-bond donors (Lipinski definition) is 2. The van der Waals surface area contributed by atoms with Crippen molar-refractivity contribution in [2.75, 3.05) is 5.32 Å². The molecule has 2 N–H and O–H groups in total. The first kappa shape index (κ1) is 13.5. The fourth-order valence-corrected chi connectivity index (χ4v) is 2.10. The number of aromatic nitrogens is 3. The monoisotopic (exact) mass is 372 g/mol. The first-order chi connectivity index (χ1) is 8.95. The van der Waals surface area contributed by atoms with Crippen molar-refractivity contribution in [2.24, 2.45) is 7.05 Å². The van der Waals surface area contributed by atoms with Crippen molar-refractivity contribution in [3.63, 3.8) is 0 Å². The zero-order chi connectivity index (χ0) is 14.0. The van der Waals surface area contributed by atoms with Crippen LogP contribution in [0.3, 0.4) is 0 Å². The second kappa shape index (κ2) is 5.34. The molecule has 0 fully saturated rings. The van der Waals surface area contributed by atoms with Gasteiger partial charge in [0.25, 0.3) is 5.91 Å². The van der Waals surface area contributed by atoms with E-state index in [9.17, 15) is 9.59 Å². The van der Waals surface area contributed by atoms with Crippen molar-refractivity contribution in [1.82, 2.24) is 15.0 Å².